The van der Waals surface area contributed by atoms with Gasteiger partial charge in [0, 0.05) is 5.92 Å². The zero-order valence-corrected chi connectivity index (χ0v) is 11.7. The summed E-state index contributed by atoms with van der Waals surface area (Å²) < 4.78 is 45.6. The van der Waals surface area contributed by atoms with Crippen LogP contribution < -0.4 is 0 Å². The summed E-state index contributed by atoms with van der Waals surface area (Å²) in [7, 11) is 0. The van der Waals surface area contributed by atoms with Gasteiger partial charge >= 0.3 is 18.1 Å². The first-order valence-corrected chi connectivity index (χ1v) is 6.35. The maximum atomic E-state index is 12.1. The number of cyclic esters (lactones) is 1. The molecule has 2 fully saturated rings. The van der Waals surface area contributed by atoms with Crippen molar-refractivity contribution in [1.82, 2.24) is 0 Å². The SMILES string of the molecule is CC1(C)[C@@H]2[C@@H](C(=O)O[C@@H]2COC(=O)C(F)(F)F)C1(C)C. The lowest BCUT2D eigenvalue weighted by molar-refractivity contribution is -0.206. The number of hydrogen-bond donors (Lipinski definition) is 0. The van der Waals surface area contributed by atoms with Crippen LogP contribution in [0.4, 0.5) is 13.2 Å². The number of fused-ring (bicyclic) bond motifs is 1. The summed E-state index contributed by atoms with van der Waals surface area (Å²) >= 11 is 0. The smallest absolute Gasteiger partial charge is 0.458 e. The molecule has 1 aliphatic carbocycles. The average Bonchev–Trinajstić information content (AvgIpc) is 2.61. The predicted molar refractivity (Wildman–Crippen MR) is 61.4 cm³/mol. The van der Waals surface area contributed by atoms with Gasteiger partial charge in [0.15, 0.2) is 0 Å². The average molecular weight is 294 g/mol. The van der Waals surface area contributed by atoms with Crippen molar-refractivity contribution in [1.29, 1.82) is 0 Å². The molecule has 3 atom stereocenters. The molecule has 0 N–H and O–H groups in total. The lowest BCUT2D eigenvalue weighted by Crippen LogP contribution is -2.62. The molecule has 0 bridgehead atoms. The molecule has 0 aromatic carbocycles. The molecule has 0 amide bonds. The third kappa shape index (κ3) is 1.90. The molecule has 0 aromatic rings. The van der Waals surface area contributed by atoms with Crippen LogP contribution in [0.15, 0.2) is 0 Å². The molecule has 1 saturated heterocycles. The van der Waals surface area contributed by atoms with E-state index in [-0.39, 0.29) is 22.7 Å². The Kier molecular flexibility index (Phi) is 3.11. The molecule has 114 valence electrons. The summed E-state index contributed by atoms with van der Waals surface area (Å²) in [6.07, 6.45) is -5.84. The highest BCUT2D eigenvalue weighted by Gasteiger charge is 2.71. The molecule has 0 radical (unpaired) electrons. The van der Waals surface area contributed by atoms with E-state index in [0.29, 0.717) is 0 Å². The Morgan fingerprint density at radius 3 is 2.30 bits per heavy atom. The van der Waals surface area contributed by atoms with E-state index < -0.39 is 30.8 Å². The molecule has 20 heavy (non-hydrogen) atoms. The van der Waals surface area contributed by atoms with E-state index in [4.69, 9.17) is 4.74 Å². The summed E-state index contributed by atoms with van der Waals surface area (Å²) in [4.78, 5) is 22.5. The van der Waals surface area contributed by atoms with Crippen LogP contribution in [-0.2, 0) is 19.1 Å². The van der Waals surface area contributed by atoms with Crippen LogP contribution in [-0.4, -0.2) is 30.8 Å². The van der Waals surface area contributed by atoms with Crippen molar-refractivity contribution in [2.45, 2.75) is 40.0 Å². The van der Waals surface area contributed by atoms with Gasteiger partial charge in [0.1, 0.15) is 12.7 Å². The lowest BCUT2D eigenvalue weighted by atomic mass is 9.40. The first kappa shape index (κ1) is 15.1. The van der Waals surface area contributed by atoms with Crippen LogP contribution in [0, 0.1) is 22.7 Å². The first-order chi connectivity index (χ1) is 8.90. The summed E-state index contributed by atoms with van der Waals surface area (Å²) in [6.45, 7) is 7.19. The maximum absolute atomic E-state index is 12.1. The lowest BCUT2D eigenvalue weighted by Gasteiger charge is -2.61. The van der Waals surface area contributed by atoms with Crippen LogP contribution in [0.3, 0.4) is 0 Å². The third-order valence-electron chi connectivity index (χ3n) is 5.16. The Morgan fingerprint density at radius 2 is 1.80 bits per heavy atom. The van der Waals surface area contributed by atoms with E-state index in [1.165, 1.54) is 0 Å². The van der Waals surface area contributed by atoms with E-state index in [0.717, 1.165) is 0 Å². The van der Waals surface area contributed by atoms with Gasteiger partial charge in [-0.1, -0.05) is 27.7 Å². The van der Waals surface area contributed by atoms with E-state index in [1.54, 1.807) is 0 Å². The molecular weight excluding hydrogens is 277 g/mol. The van der Waals surface area contributed by atoms with Crippen molar-refractivity contribution in [3.63, 3.8) is 0 Å². The minimum atomic E-state index is -5.03. The summed E-state index contributed by atoms with van der Waals surface area (Å²) in [5.41, 5.74) is -0.573. The van der Waals surface area contributed by atoms with Gasteiger partial charge < -0.3 is 9.47 Å². The molecular formula is C13H17F3O4. The summed E-state index contributed by atoms with van der Waals surface area (Å²) in [5.74, 6) is -3.26. The van der Waals surface area contributed by atoms with Crippen LogP contribution in [0.2, 0.25) is 0 Å². The normalized spacial score (nSPS) is 34.0. The van der Waals surface area contributed by atoms with Crippen molar-refractivity contribution in [2.24, 2.45) is 22.7 Å². The van der Waals surface area contributed by atoms with Crippen LogP contribution in [0.25, 0.3) is 0 Å². The first-order valence-electron chi connectivity index (χ1n) is 6.35. The van der Waals surface area contributed by atoms with Crippen molar-refractivity contribution in [3.8, 4) is 0 Å². The molecule has 0 unspecified atom stereocenters. The summed E-state index contributed by atoms with van der Waals surface area (Å²) in [6, 6.07) is 0. The Balaban J connectivity index is 2.06. The van der Waals surface area contributed by atoms with Crippen molar-refractivity contribution >= 4 is 11.9 Å². The fourth-order valence-corrected chi connectivity index (χ4v) is 3.39. The fraction of sp³-hybridized carbons (Fsp3) is 0.846. The number of carbonyl (C=O) groups excluding carboxylic acids is 2. The minimum Gasteiger partial charge on any atom is -0.458 e. The largest absolute Gasteiger partial charge is 0.490 e. The molecule has 1 saturated carbocycles. The van der Waals surface area contributed by atoms with Gasteiger partial charge in [-0.2, -0.15) is 13.2 Å². The highest BCUT2D eigenvalue weighted by atomic mass is 19.4. The number of halogens is 3. The second kappa shape index (κ2) is 4.11. The van der Waals surface area contributed by atoms with E-state index in [9.17, 15) is 22.8 Å². The van der Waals surface area contributed by atoms with Gasteiger partial charge in [0.05, 0.1) is 5.92 Å². The third-order valence-corrected chi connectivity index (χ3v) is 5.16. The molecule has 7 heteroatoms. The second-order valence-corrected chi connectivity index (χ2v) is 6.52. The van der Waals surface area contributed by atoms with Gasteiger partial charge in [0.25, 0.3) is 0 Å². The van der Waals surface area contributed by atoms with Crippen LogP contribution in [0.5, 0.6) is 0 Å². The monoisotopic (exact) mass is 294 g/mol. The van der Waals surface area contributed by atoms with Gasteiger partial charge in [-0.05, 0) is 10.8 Å². The number of rotatable bonds is 2. The van der Waals surface area contributed by atoms with E-state index in [2.05, 4.69) is 4.74 Å². The Morgan fingerprint density at radius 1 is 1.25 bits per heavy atom. The molecule has 1 aliphatic heterocycles. The highest BCUT2D eigenvalue weighted by molar-refractivity contribution is 5.79. The Labute approximate surface area is 114 Å². The molecule has 1 heterocycles. The van der Waals surface area contributed by atoms with Crippen LogP contribution in [0.1, 0.15) is 27.7 Å². The van der Waals surface area contributed by atoms with Crippen molar-refractivity contribution in [2.75, 3.05) is 6.61 Å². The highest BCUT2D eigenvalue weighted by Crippen LogP contribution is 2.68. The molecule has 4 nitrogen and oxygen atoms in total. The van der Waals surface area contributed by atoms with Crippen molar-refractivity contribution in [3.05, 3.63) is 0 Å². The van der Waals surface area contributed by atoms with Gasteiger partial charge in [-0.25, -0.2) is 4.79 Å². The number of ether oxygens (including phenoxy) is 2. The molecule has 0 spiro atoms. The quantitative estimate of drug-likeness (QED) is 0.733. The zero-order valence-electron chi connectivity index (χ0n) is 11.7. The topological polar surface area (TPSA) is 52.6 Å². The number of hydrogen-bond acceptors (Lipinski definition) is 4. The number of carbonyl (C=O) groups is 2. The predicted octanol–water partition coefficient (Wildman–Crippen LogP) is 2.32. The fourth-order valence-electron chi connectivity index (χ4n) is 3.39. The zero-order chi connectivity index (χ0) is 15.5. The number of alkyl halides is 3. The van der Waals surface area contributed by atoms with Gasteiger partial charge in [-0.15, -0.1) is 0 Å². The van der Waals surface area contributed by atoms with Crippen LogP contribution >= 0.6 is 0 Å². The van der Waals surface area contributed by atoms with E-state index in [1.807, 2.05) is 27.7 Å². The Hall–Kier alpha value is -1.27. The standard InChI is InChI=1S/C13H17F3O4/c1-11(2)7-6(5-19-10(18)13(14,15)16)20-9(17)8(7)12(11,3)4/h6-8H,5H2,1-4H3/t6-,7+,8+/m1/s1. The van der Waals surface area contributed by atoms with E-state index >= 15 is 0 Å². The van der Waals surface area contributed by atoms with Gasteiger partial charge in [0.2, 0.25) is 0 Å². The molecule has 2 rings (SSSR count). The second-order valence-electron chi connectivity index (χ2n) is 6.52. The Bertz CT molecular complexity index is 453. The van der Waals surface area contributed by atoms with Gasteiger partial charge in [-0.3, -0.25) is 4.79 Å². The molecule has 2 aliphatic rings. The number of esters is 2. The molecule has 0 aromatic heterocycles. The van der Waals surface area contributed by atoms with Crippen molar-refractivity contribution < 1.29 is 32.2 Å². The summed E-state index contributed by atoms with van der Waals surface area (Å²) in [5, 5.41) is 0. The maximum Gasteiger partial charge on any atom is 0.490 e. The minimum absolute atomic E-state index is 0.231.